The first-order valence-electron chi connectivity index (χ1n) is 6.20. The Balaban J connectivity index is 2.24. The normalized spacial score (nSPS) is 15.2. The summed E-state index contributed by atoms with van der Waals surface area (Å²) in [7, 11) is 0. The number of nitrogens with zero attached hydrogens (tertiary/aromatic N) is 1. The van der Waals surface area contributed by atoms with Crippen LogP contribution >= 0.6 is 15.9 Å². The second-order valence-electron chi connectivity index (χ2n) is 4.53. The van der Waals surface area contributed by atoms with Crippen molar-refractivity contribution >= 4 is 27.5 Å². The summed E-state index contributed by atoms with van der Waals surface area (Å²) in [5, 5.41) is 3.29. The van der Waals surface area contributed by atoms with Crippen molar-refractivity contribution < 1.29 is 4.79 Å². The Labute approximate surface area is 116 Å². The molecule has 0 atom stereocenters. The average molecular weight is 312 g/mol. The van der Waals surface area contributed by atoms with Crippen LogP contribution in [0.15, 0.2) is 22.7 Å². The molecule has 1 amide bonds. The molecule has 3 N–H and O–H groups in total. The number of hydrogen-bond donors (Lipinski definition) is 2. The molecule has 98 valence electrons. The zero-order valence-electron chi connectivity index (χ0n) is 10.4. The van der Waals surface area contributed by atoms with Crippen molar-refractivity contribution in [1.82, 2.24) is 5.32 Å². The molecular formula is C13H18BrN3O. The molecule has 0 unspecified atom stereocenters. The molecule has 1 aliphatic rings. The van der Waals surface area contributed by atoms with E-state index in [1.165, 1.54) is 0 Å². The Hall–Kier alpha value is -1.07. The summed E-state index contributed by atoms with van der Waals surface area (Å²) in [6.45, 7) is 5.24. The maximum absolute atomic E-state index is 11.2. The van der Waals surface area contributed by atoms with Crippen molar-refractivity contribution in [2.24, 2.45) is 5.73 Å². The number of carbonyl (C=O) groups is 1. The molecular weight excluding hydrogens is 294 g/mol. The molecule has 0 spiro atoms. The third kappa shape index (κ3) is 2.67. The summed E-state index contributed by atoms with van der Waals surface area (Å²) in [5.74, 6) is -0.402. The number of hydrogen-bond acceptors (Lipinski definition) is 3. The molecule has 0 radical (unpaired) electrons. The predicted molar refractivity (Wildman–Crippen MR) is 77.0 cm³/mol. The van der Waals surface area contributed by atoms with Crippen LogP contribution in [-0.2, 0) is 0 Å². The summed E-state index contributed by atoms with van der Waals surface area (Å²) in [6.07, 6.45) is 1.10. The number of nitrogens with two attached hydrogens (primary N) is 1. The smallest absolute Gasteiger partial charge is 0.249 e. The van der Waals surface area contributed by atoms with Gasteiger partial charge >= 0.3 is 0 Å². The van der Waals surface area contributed by atoms with Crippen LogP contribution in [0.3, 0.4) is 0 Å². The Morgan fingerprint density at radius 2 is 2.28 bits per heavy atom. The van der Waals surface area contributed by atoms with Crippen molar-refractivity contribution in [2.45, 2.75) is 19.4 Å². The first-order chi connectivity index (χ1) is 8.63. The van der Waals surface area contributed by atoms with Crippen LogP contribution < -0.4 is 16.0 Å². The molecule has 2 rings (SSSR count). The number of anilines is 1. The highest BCUT2D eigenvalue weighted by atomic mass is 79.9. The number of nitrogens with one attached hydrogen (secondary N) is 1. The van der Waals surface area contributed by atoms with Crippen LogP contribution in [0.25, 0.3) is 0 Å². The van der Waals surface area contributed by atoms with Crippen LogP contribution in [0.2, 0.25) is 0 Å². The van der Waals surface area contributed by atoms with Gasteiger partial charge in [0.2, 0.25) is 5.91 Å². The summed E-state index contributed by atoms with van der Waals surface area (Å²) < 4.78 is 0.765. The number of rotatable bonds is 5. The van der Waals surface area contributed by atoms with Gasteiger partial charge in [0.15, 0.2) is 0 Å². The molecule has 18 heavy (non-hydrogen) atoms. The molecule has 0 aromatic heterocycles. The maximum atomic E-state index is 11.2. The van der Waals surface area contributed by atoms with Crippen molar-refractivity contribution in [2.75, 3.05) is 24.5 Å². The molecule has 0 aliphatic carbocycles. The Morgan fingerprint density at radius 3 is 2.72 bits per heavy atom. The van der Waals surface area contributed by atoms with Crippen molar-refractivity contribution in [3.05, 3.63) is 28.2 Å². The van der Waals surface area contributed by atoms with Gasteiger partial charge in [-0.05, 0) is 40.5 Å². The number of benzene rings is 1. The van der Waals surface area contributed by atoms with Gasteiger partial charge in [-0.25, -0.2) is 0 Å². The van der Waals surface area contributed by atoms with Gasteiger partial charge < -0.3 is 16.0 Å². The molecule has 1 heterocycles. The monoisotopic (exact) mass is 311 g/mol. The summed E-state index contributed by atoms with van der Waals surface area (Å²) >= 11 is 3.41. The van der Waals surface area contributed by atoms with Gasteiger partial charge in [0.1, 0.15) is 0 Å². The lowest BCUT2D eigenvalue weighted by Gasteiger charge is -2.40. The second-order valence-corrected chi connectivity index (χ2v) is 5.39. The van der Waals surface area contributed by atoms with Crippen LogP contribution in [0.4, 0.5) is 5.69 Å². The lowest BCUT2D eigenvalue weighted by Crippen LogP contribution is -2.57. The van der Waals surface area contributed by atoms with Gasteiger partial charge in [-0.15, -0.1) is 0 Å². The minimum atomic E-state index is -0.402. The van der Waals surface area contributed by atoms with E-state index in [0.29, 0.717) is 11.6 Å². The Bertz CT molecular complexity index is 446. The summed E-state index contributed by atoms with van der Waals surface area (Å²) in [6, 6.07) is 6.29. The fourth-order valence-corrected chi connectivity index (χ4v) is 2.70. The number of amides is 1. The van der Waals surface area contributed by atoms with Crippen molar-refractivity contribution in [1.29, 1.82) is 0 Å². The van der Waals surface area contributed by atoms with E-state index in [0.717, 1.165) is 36.2 Å². The third-order valence-corrected chi connectivity index (χ3v) is 3.87. The highest BCUT2D eigenvalue weighted by Gasteiger charge is 2.24. The van der Waals surface area contributed by atoms with Gasteiger partial charge in [0.25, 0.3) is 0 Å². The van der Waals surface area contributed by atoms with Crippen LogP contribution in [-0.4, -0.2) is 31.6 Å². The van der Waals surface area contributed by atoms with E-state index < -0.39 is 5.91 Å². The van der Waals surface area contributed by atoms with Gasteiger partial charge in [-0.3, -0.25) is 4.79 Å². The van der Waals surface area contributed by atoms with E-state index >= 15 is 0 Å². The fourth-order valence-electron chi connectivity index (χ4n) is 2.14. The molecule has 0 bridgehead atoms. The lowest BCUT2D eigenvalue weighted by molar-refractivity contribution is 0.0999. The SMILES string of the molecule is CCCN(c1ccc(C(N)=O)c(Br)c1)C1CNC1. The number of primary amides is 1. The van der Waals surface area contributed by atoms with E-state index in [2.05, 4.69) is 33.1 Å². The van der Waals surface area contributed by atoms with E-state index in [4.69, 9.17) is 5.73 Å². The summed E-state index contributed by atoms with van der Waals surface area (Å²) in [5.41, 5.74) is 6.97. The molecule has 1 fully saturated rings. The van der Waals surface area contributed by atoms with Crippen molar-refractivity contribution in [3.8, 4) is 0 Å². The molecule has 1 aromatic rings. The second kappa shape index (κ2) is 5.71. The van der Waals surface area contributed by atoms with Crippen molar-refractivity contribution in [3.63, 3.8) is 0 Å². The van der Waals surface area contributed by atoms with Crippen LogP contribution in [0.1, 0.15) is 23.7 Å². The van der Waals surface area contributed by atoms with Gasteiger partial charge in [-0.1, -0.05) is 6.92 Å². The maximum Gasteiger partial charge on any atom is 0.249 e. The largest absolute Gasteiger partial charge is 0.366 e. The van der Waals surface area contributed by atoms with Gasteiger partial charge in [0.05, 0.1) is 11.6 Å². The topological polar surface area (TPSA) is 58.4 Å². The Morgan fingerprint density at radius 1 is 1.56 bits per heavy atom. The zero-order chi connectivity index (χ0) is 13.1. The zero-order valence-corrected chi connectivity index (χ0v) is 12.0. The van der Waals surface area contributed by atoms with Gasteiger partial charge in [0, 0.05) is 29.8 Å². The van der Waals surface area contributed by atoms with E-state index in [1.54, 1.807) is 6.07 Å². The molecule has 1 saturated heterocycles. The summed E-state index contributed by atoms with van der Waals surface area (Å²) in [4.78, 5) is 13.6. The molecule has 1 aromatic carbocycles. The third-order valence-electron chi connectivity index (χ3n) is 3.21. The Kier molecular flexibility index (Phi) is 4.24. The van der Waals surface area contributed by atoms with Crippen LogP contribution in [0.5, 0.6) is 0 Å². The molecule has 1 aliphatic heterocycles. The highest BCUT2D eigenvalue weighted by Crippen LogP contribution is 2.26. The van der Waals surface area contributed by atoms with E-state index in [-0.39, 0.29) is 0 Å². The molecule has 4 nitrogen and oxygen atoms in total. The van der Waals surface area contributed by atoms with E-state index in [1.807, 2.05) is 12.1 Å². The fraction of sp³-hybridized carbons (Fsp3) is 0.462. The quantitative estimate of drug-likeness (QED) is 0.871. The number of halogens is 1. The van der Waals surface area contributed by atoms with E-state index in [9.17, 15) is 4.79 Å². The molecule has 5 heteroatoms. The number of carbonyl (C=O) groups excluding carboxylic acids is 1. The lowest BCUT2D eigenvalue weighted by atomic mass is 10.1. The van der Waals surface area contributed by atoms with Gasteiger partial charge in [-0.2, -0.15) is 0 Å². The minimum Gasteiger partial charge on any atom is -0.366 e. The minimum absolute atomic E-state index is 0.402. The van der Waals surface area contributed by atoms with Crippen LogP contribution in [0, 0.1) is 0 Å². The highest BCUT2D eigenvalue weighted by molar-refractivity contribution is 9.10. The first kappa shape index (κ1) is 13.4. The average Bonchev–Trinajstić information content (AvgIpc) is 2.25. The molecule has 0 saturated carbocycles. The predicted octanol–water partition coefficient (Wildman–Crippen LogP) is 1.74. The standard InChI is InChI=1S/C13H18BrN3O/c1-2-5-17(10-7-16-8-10)9-3-4-11(13(15)18)12(14)6-9/h3-4,6,10,16H,2,5,7-8H2,1H3,(H2,15,18). The first-order valence-corrected chi connectivity index (χ1v) is 6.99.